The Morgan fingerprint density at radius 2 is 1.25 bits per heavy atom. The molecule has 1 nitrogen and oxygen atoms in total. The molecular formula is C17H14F2O. The van der Waals surface area contributed by atoms with Crippen molar-refractivity contribution in [2.24, 2.45) is 0 Å². The summed E-state index contributed by atoms with van der Waals surface area (Å²) in [6.45, 7) is 0. The second-order valence-corrected chi connectivity index (χ2v) is 4.94. The third-order valence-electron chi connectivity index (χ3n) is 3.72. The van der Waals surface area contributed by atoms with E-state index >= 15 is 0 Å². The molecule has 2 radical (unpaired) electrons. The lowest BCUT2D eigenvalue weighted by Gasteiger charge is -2.24. The van der Waals surface area contributed by atoms with Gasteiger partial charge in [-0.25, -0.2) is 8.78 Å². The number of rotatable bonds is 2. The Balaban J connectivity index is 1.91. The SMILES string of the molecule is Oc1ccc([C]2CC[C](c3ccccc3)C2(F)F)cc1. The van der Waals surface area contributed by atoms with Gasteiger partial charge in [0.25, 0.3) is 5.92 Å². The summed E-state index contributed by atoms with van der Waals surface area (Å²) in [7, 11) is 0. The van der Waals surface area contributed by atoms with Crippen LogP contribution in [0.1, 0.15) is 24.0 Å². The van der Waals surface area contributed by atoms with Crippen LogP contribution in [-0.2, 0) is 0 Å². The molecule has 1 saturated carbocycles. The topological polar surface area (TPSA) is 20.2 Å². The van der Waals surface area contributed by atoms with Crippen molar-refractivity contribution in [3.8, 4) is 5.75 Å². The van der Waals surface area contributed by atoms with Gasteiger partial charge in [0.2, 0.25) is 0 Å². The number of benzene rings is 2. The zero-order valence-corrected chi connectivity index (χ0v) is 10.8. The second kappa shape index (κ2) is 4.89. The smallest absolute Gasteiger partial charge is 0.269 e. The molecule has 20 heavy (non-hydrogen) atoms. The lowest BCUT2D eigenvalue weighted by atomic mass is 9.89. The maximum Gasteiger partial charge on any atom is 0.269 e. The number of hydrogen-bond donors (Lipinski definition) is 1. The average molecular weight is 272 g/mol. The maximum absolute atomic E-state index is 14.6. The first-order chi connectivity index (χ1) is 9.59. The van der Waals surface area contributed by atoms with Crippen LogP contribution in [0.25, 0.3) is 0 Å². The van der Waals surface area contributed by atoms with Crippen LogP contribution in [0.5, 0.6) is 5.75 Å². The maximum atomic E-state index is 14.6. The van der Waals surface area contributed by atoms with Crippen molar-refractivity contribution in [1.82, 2.24) is 0 Å². The van der Waals surface area contributed by atoms with Crippen molar-refractivity contribution in [1.29, 1.82) is 0 Å². The van der Waals surface area contributed by atoms with E-state index in [0.29, 0.717) is 24.0 Å². The highest BCUT2D eigenvalue weighted by Crippen LogP contribution is 2.53. The van der Waals surface area contributed by atoms with Crippen LogP contribution in [0, 0.1) is 11.8 Å². The minimum atomic E-state index is -2.92. The first kappa shape index (κ1) is 13.1. The lowest BCUT2D eigenvalue weighted by Crippen LogP contribution is -2.28. The zero-order valence-electron chi connectivity index (χ0n) is 10.8. The standard InChI is InChI=1S/C17H14F2O/c18-17(19)15(12-4-2-1-3-5-12)10-11-16(17)13-6-8-14(20)9-7-13/h1-9,20H,10-11H2. The summed E-state index contributed by atoms with van der Waals surface area (Å²) in [5.74, 6) is -2.52. The molecule has 2 aromatic carbocycles. The van der Waals surface area contributed by atoms with Crippen molar-refractivity contribution >= 4 is 0 Å². The Kier molecular flexibility index (Phi) is 3.20. The molecule has 0 amide bonds. The van der Waals surface area contributed by atoms with Gasteiger partial charge >= 0.3 is 0 Å². The van der Waals surface area contributed by atoms with E-state index in [4.69, 9.17) is 0 Å². The third kappa shape index (κ3) is 2.17. The van der Waals surface area contributed by atoms with Crippen LogP contribution < -0.4 is 0 Å². The number of phenolic OH excluding ortho intramolecular Hbond substituents is 1. The highest BCUT2D eigenvalue weighted by molar-refractivity contribution is 5.50. The van der Waals surface area contributed by atoms with Crippen LogP contribution in [0.3, 0.4) is 0 Å². The van der Waals surface area contributed by atoms with Gasteiger partial charge in [-0.05, 0) is 36.1 Å². The largest absolute Gasteiger partial charge is 0.508 e. The Labute approximate surface area is 116 Å². The summed E-state index contributed by atoms with van der Waals surface area (Å²) in [5.41, 5.74) is 1.10. The van der Waals surface area contributed by atoms with E-state index in [1.807, 2.05) is 6.07 Å². The van der Waals surface area contributed by atoms with E-state index in [1.54, 1.807) is 36.4 Å². The van der Waals surface area contributed by atoms with Crippen LogP contribution in [-0.4, -0.2) is 11.0 Å². The fourth-order valence-corrected chi connectivity index (χ4v) is 2.70. The molecule has 0 heterocycles. The van der Waals surface area contributed by atoms with Crippen LogP contribution in [0.15, 0.2) is 54.6 Å². The van der Waals surface area contributed by atoms with Gasteiger partial charge in [-0.15, -0.1) is 0 Å². The van der Waals surface area contributed by atoms with Crippen LogP contribution >= 0.6 is 0 Å². The van der Waals surface area contributed by atoms with Gasteiger partial charge in [-0.2, -0.15) is 0 Å². The molecule has 0 bridgehead atoms. The van der Waals surface area contributed by atoms with E-state index in [1.165, 1.54) is 12.1 Å². The molecule has 1 fully saturated rings. The number of alkyl halides is 2. The normalized spacial score (nSPS) is 19.3. The fraction of sp³-hybridized carbons (Fsp3) is 0.176. The van der Waals surface area contributed by atoms with Gasteiger partial charge in [0, 0.05) is 0 Å². The second-order valence-electron chi connectivity index (χ2n) is 4.94. The van der Waals surface area contributed by atoms with E-state index in [0.717, 1.165) is 0 Å². The molecule has 3 heteroatoms. The first-order valence-corrected chi connectivity index (χ1v) is 6.54. The molecule has 2 aromatic rings. The quantitative estimate of drug-likeness (QED) is 0.860. The van der Waals surface area contributed by atoms with Gasteiger partial charge in [0.05, 0.1) is 11.8 Å². The number of halogens is 2. The summed E-state index contributed by atoms with van der Waals surface area (Å²) >= 11 is 0. The minimum absolute atomic E-state index is 0.0860. The van der Waals surface area contributed by atoms with E-state index < -0.39 is 5.92 Å². The summed E-state index contributed by atoms with van der Waals surface area (Å²) in [4.78, 5) is 0. The van der Waals surface area contributed by atoms with Gasteiger partial charge in [-0.3, -0.25) is 0 Å². The monoisotopic (exact) mass is 272 g/mol. The molecule has 1 N–H and O–H groups in total. The van der Waals surface area contributed by atoms with Gasteiger partial charge in [0.15, 0.2) is 0 Å². The van der Waals surface area contributed by atoms with Gasteiger partial charge in [0.1, 0.15) is 5.75 Å². The molecule has 102 valence electrons. The van der Waals surface area contributed by atoms with E-state index in [2.05, 4.69) is 0 Å². The summed E-state index contributed by atoms with van der Waals surface area (Å²) in [5, 5.41) is 9.26. The molecule has 3 rings (SSSR count). The van der Waals surface area contributed by atoms with E-state index in [9.17, 15) is 13.9 Å². The summed E-state index contributed by atoms with van der Waals surface area (Å²) < 4.78 is 29.2. The molecule has 0 unspecified atom stereocenters. The van der Waals surface area contributed by atoms with E-state index in [-0.39, 0.29) is 17.6 Å². The third-order valence-corrected chi connectivity index (χ3v) is 3.72. The number of hydrogen-bond acceptors (Lipinski definition) is 1. The molecule has 0 atom stereocenters. The average Bonchev–Trinajstić information content (AvgIpc) is 2.76. The number of aromatic hydroxyl groups is 1. The first-order valence-electron chi connectivity index (χ1n) is 6.54. The molecular weight excluding hydrogens is 258 g/mol. The van der Waals surface area contributed by atoms with Crippen LogP contribution in [0.4, 0.5) is 8.78 Å². The molecule has 1 aliphatic rings. The predicted molar refractivity (Wildman–Crippen MR) is 73.4 cm³/mol. The van der Waals surface area contributed by atoms with Gasteiger partial charge < -0.3 is 5.11 Å². The molecule has 0 aromatic heterocycles. The summed E-state index contributed by atoms with van der Waals surface area (Å²) in [6, 6.07) is 14.8. The van der Waals surface area contributed by atoms with Gasteiger partial charge in [-0.1, -0.05) is 42.5 Å². The van der Waals surface area contributed by atoms with Crippen molar-refractivity contribution in [2.45, 2.75) is 18.8 Å². The van der Waals surface area contributed by atoms with Crippen molar-refractivity contribution in [3.63, 3.8) is 0 Å². The number of phenols is 1. The predicted octanol–water partition coefficient (Wildman–Crippen LogP) is 4.37. The Morgan fingerprint density at radius 3 is 1.80 bits per heavy atom. The van der Waals surface area contributed by atoms with Crippen molar-refractivity contribution < 1.29 is 13.9 Å². The molecule has 1 aliphatic carbocycles. The zero-order chi connectivity index (χ0) is 14.2. The van der Waals surface area contributed by atoms with Crippen molar-refractivity contribution in [3.05, 3.63) is 77.6 Å². The minimum Gasteiger partial charge on any atom is -0.508 e. The Bertz CT molecular complexity index is 578. The Hall–Kier alpha value is -1.90. The highest BCUT2D eigenvalue weighted by Gasteiger charge is 2.54. The molecule has 0 aliphatic heterocycles. The molecule has 0 spiro atoms. The molecule has 0 saturated heterocycles. The van der Waals surface area contributed by atoms with Crippen LogP contribution in [0.2, 0.25) is 0 Å². The Morgan fingerprint density at radius 1 is 0.750 bits per heavy atom. The fourth-order valence-electron chi connectivity index (χ4n) is 2.70. The highest BCUT2D eigenvalue weighted by atomic mass is 19.3. The van der Waals surface area contributed by atoms with Crippen molar-refractivity contribution in [2.75, 3.05) is 0 Å². The lowest BCUT2D eigenvalue weighted by molar-refractivity contribution is 0.0555. The summed E-state index contributed by atoms with van der Waals surface area (Å²) in [6.07, 6.45) is 0.717.